The third kappa shape index (κ3) is 6.84. The summed E-state index contributed by atoms with van der Waals surface area (Å²) in [5.74, 6) is -0.345. The first-order valence-corrected chi connectivity index (χ1v) is 14.0. The Morgan fingerprint density at radius 2 is 1.81 bits per heavy atom. The number of ketones is 1. The smallest absolute Gasteiger partial charge is 0.309 e. The van der Waals surface area contributed by atoms with Gasteiger partial charge in [-0.05, 0) is 63.8 Å². The zero-order valence-electron chi connectivity index (χ0n) is 21.3. The molecule has 1 aliphatic carbocycles. The summed E-state index contributed by atoms with van der Waals surface area (Å²) in [6.45, 7) is 7.39. The number of rotatable bonds is 9. The number of esters is 1. The first-order chi connectivity index (χ1) is 17.4. The lowest BCUT2D eigenvalue weighted by molar-refractivity contribution is -0.149. The number of benzene rings is 1. The Balaban J connectivity index is 1.48. The van der Waals surface area contributed by atoms with Crippen LogP contribution in [0.25, 0.3) is 0 Å². The molecule has 2 saturated heterocycles. The molecule has 196 valence electrons. The van der Waals surface area contributed by atoms with Gasteiger partial charge in [0.05, 0.1) is 18.6 Å². The average molecular weight is 517 g/mol. The fourth-order valence-corrected chi connectivity index (χ4v) is 6.26. The molecule has 0 amide bonds. The second kappa shape index (κ2) is 12.5. The zero-order chi connectivity index (χ0) is 25.7. The molecular weight excluding hydrogens is 479 g/mol. The van der Waals surface area contributed by atoms with Crippen molar-refractivity contribution in [3.63, 3.8) is 0 Å². The van der Waals surface area contributed by atoms with Crippen LogP contribution < -0.4 is 0 Å². The number of thioether (sulfide) groups is 1. The van der Waals surface area contributed by atoms with E-state index in [1.165, 1.54) is 17.8 Å². The molecule has 1 aromatic carbocycles. The van der Waals surface area contributed by atoms with Gasteiger partial charge in [-0.1, -0.05) is 36.0 Å². The van der Waals surface area contributed by atoms with Crippen molar-refractivity contribution < 1.29 is 23.5 Å². The molecule has 36 heavy (non-hydrogen) atoms. The van der Waals surface area contributed by atoms with E-state index in [9.17, 15) is 18.8 Å². The summed E-state index contributed by atoms with van der Waals surface area (Å²) in [4.78, 5) is 41.8. The number of ether oxygens (including phenoxy) is 1. The predicted octanol–water partition coefficient (Wildman–Crippen LogP) is 4.40. The Morgan fingerprint density at radius 3 is 2.44 bits per heavy atom. The van der Waals surface area contributed by atoms with Gasteiger partial charge in [0, 0.05) is 43.3 Å². The van der Waals surface area contributed by atoms with Gasteiger partial charge in [0.15, 0.2) is 10.9 Å². The molecule has 0 bridgehead atoms. The van der Waals surface area contributed by atoms with Crippen molar-refractivity contribution in [2.24, 2.45) is 11.8 Å². The van der Waals surface area contributed by atoms with Crippen molar-refractivity contribution >= 4 is 28.6 Å². The molecule has 2 unspecified atom stereocenters. The van der Waals surface area contributed by atoms with Crippen molar-refractivity contribution in [3.05, 3.63) is 47.3 Å². The quantitative estimate of drug-likeness (QED) is 0.356. The average Bonchev–Trinajstić information content (AvgIpc) is 3.71. The molecule has 1 saturated carbocycles. The fraction of sp³-hybridized carbons (Fsp3) is 0.607. The molecule has 2 aliphatic heterocycles. The molecular formula is C28H37FN2O4S. The first kappa shape index (κ1) is 27.0. The van der Waals surface area contributed by atoms with E-state index in [2.05, 4.69) is 15.9 Å². The standard InChI is InChI=1S/C28H37FN2O4S/c1-3-35-28(34)21-10-14-30(15-11-21)16-12-22-18-31(17-13-25(22)36-19(2)32)26(27(33)20-8-9-20)23-6-4-5-7-24(23)29/h4-7,12,20-21,25-26H,3,8-11,13-18H2,1-2H3/b22-12-. The Morgan fingerprint density at radius 1 is 1.08 bits per heavy atom. The number of halogens is 1. The Kier molecular flexibility index (Phi) is 9.36. The van der Waals surface area contributed by atoms with E-state index in [1.54, 1.807) is 25.1 Å². The Hall–Kier alpha value is -2.03. The molecule has 3 fully saturated rings. The van der Waals surface area contributed by atoms with Crippen LogP contribution in [-0.2, 0) is 19.1 Å². The van der Waals surface area contributed by atoms with Crippen LogP contribution in [-0.4, -0.2) is 71.2 Å². The highest BCUT2D eigenvalue weighted by molar-refractivity contribution is 8.14. The number of likely N-dealkylation sites (tertiary alicyclic amines) is 2. The van der Waals surface area contributed by atoms with Crippen LogP contribution in [0.3, 0.4) is 0 Å². The molecule has 2 heterocycles. The molecule has 3 aliphatic rings. The van der Waals surface area contributed by atoms with Crippen molar-refractivity contribution in [2.45, 2.75) is 57.2 Å². The van der Waals surface area contributed by atoms with E-state index in [0.29, 0.717) is 25.3 Å². The molecule has 6 nitrogen and oxygen atoms in total. The highest BCUT2D eigenvalue weighted by Crippen LogP contribution is 2.40. The highest BCUT2D eigenvalue weighted by atomic mass is 32.2. The van der Waals surface area contributed by atoms with Crippen LogP contribution in [0.5, 0.6) is 0 Å². The molecule has 0 radical (unpaired) electrons. The van der Waals surface area contributed by atoms with Gasteiger partial charge in [0.25, 0.3) is 0 Å². The molecule has 0 spiro atoms. The van der Waals surface area contributed by atoms with E-state index in [4.69, 9.17) is 4.74 Å². The summed E-state index contributed by atoms with van der Waals surface area (Å²) in [6, 6.07) is 6.01. The normalized spacial score (nSPS) is 24.0. The van der Waals surface area contributed by atoms with E-state index in [-0.39, 0.29) is 39.8 Å². The van der Waals surface area contributed by atoms with Gasteiger partial charge in [-0.15, -0.1) is 0 Å². The lowest BCUT2D eigenvalue weighted by Gasteiger charge is -2.39. The summed E-state index contributed by atoms with van der Waals surface area (Å²) in [7, 11) is 0. The third-order valence-corrected chi connectivity index (χ3v) is 8.57. The third-order valence-electron chi connectivity index (χ3n) is 7.42. The molecule has 2 atom stereocenters. The lowest BCUT2D eigenvalue weighted by Crippen LogP contribution is -2.43. The number of hydrogen-bond acceptors (Lipinski definition) is 7. The number of Topliss-reactive ketones (excluding diaryl/α,β-unsaturated/α-hetero) is 1. The van der Waals surface area contributed by atoms with Gasteiger partial charge in [-0.3, -0.25) is 24.2 Å². The van der Waals surface area contributed by atoms with Crippen molar-refractivity contribution in [2.75, 3.05) is 39.3 Å². The number of nitrogens with zero attached hydrogens (tertiary/aromatic N) is 2. The van der Waals surface area contributed by atoms with E-state index >= 15 is 0 Å². The molecule has 8 heteroatoms. The van der Waals surface area contributed by atoms with Crippen LogP contribution in [0, 0.1) is 17.7 Å². The minimum absolute atomic E-state index is 0.0204. The van der Waals surface area contributed by atoms with Crippen molar-refractivity contribution in [1.29, 1.82) is 0 Å². The van der Waals surface area contributed by atoms with E-state index in [1.807, 2.05) is 6.92 Å². The summed E-state index contributed by atoms with van der Waals surface area (Å²) < 4.78 is 20.0. The van der Waals surface area contributed by atoms with Gasteiger partial charge in [-0.25, -0.2) is 4.39 Å². The van der Waals surface area contributed by atoms with Crippen LogP contribution >= 0.6 is 11.8 Å². The topological polar surface area (TPSA) is 66.9 Å². The van der Waals surface area contributed by atoms with Crippen LogP contribution in [0.15, 0.2) is 35.9 Å². The van der Waals surface area contributed by atoms with Gasteiger partial charge in [-0.2, -0.15) is 0 Å². The zero-order valence-corrected chi connectivity index (χ0v) is 22.1. The van der Waals surface area contributed by atoms with Gasteiger partial charge in [0.1, 0.15) is 5.82 Å². The van der Waals surface area contributed by atoms with Crippen LogP contribution in [0.2, 0.25) is 0 Å². The van der Waals surface area contributed by atoms with Crippen LogP contribution in [0.4, 0.5) is 4.39 Å². The Labute approximate surface area is 217 Å². The number of carbonyl (C=O) groups excluding carboxylic acids is 3. The monoisotopic (exact) mass is 516 g/mol. The predicted molar refractivity (Wildman–Crippen MR) is 139 cm³/mol. The minimum atomic E-state index is -0.592. The largest absolute Gasteiger partial charge is 0.466 e. The maximum absolute atomic E-state index is 14.8. The molecule has 1 aromatic rings. The highest BCUT2D eigenvalue weighted by Gasteiger charge is 2.41. The molecule has 4 rings (SSSR count). The summed E-state index contributed by atoms with van der Waals surface area (Å²) >= 11 is 1.35. The molecule has 0 aromatic heterocycles. The van der Waals surface area contributed by atoms with Gasteiger partial charge in [0.2, 0.25) is 0 Å². The van der Waals surface area contributed by atoms with E-state index in [0.717, 1.165) is 57.3 Å². The van der Waals surface area contributed by atoms with Crippen molar-refractivity contribution in [1.82, 2.24) is 9.80 Å². The van der Waals surface area contributed by atoms with Crippen molar-refractivity contribution in [3.8, 4) is 0 Å². The van der Waals surface area contributed by atoms with Gasteiger partial charge >= 0.3 is 5.97 Å². The van der Waals surface area contributed by atoms with Crippen LogP contribution in [0.1, 0.15) is 57.6 Å². The number of piperidine rings is 2. The summed E-state index contributed by atoms with van der Waals surface area (Å²) in [5.41, 5.74) is 1.58. The fourth-order valence-electron chi connectivity index (χ4n) is 5.31. The summed E-state index contributed by atoms with van der Waals surface area (Å²) in [5, 5.41) is 0.141. The maximum atomic E-state index is 14.8. The first-order valence-electron chi connectivity index (χ1n) is 13.1. The summed E-state index contributed by atoms with van der Waals surface area (Å²) in [6.07, 6.45) is 6.26. The van der Waals surface area contributed by atoms with Gasteiger partial charge < -0.3 is 4.74 Å². The minimum Gasteiger partial charge on any atom is -0.466 e. The second-order valence-corrected chi connectivity index (χ2v) is 11.4. The maximum Gasteiger partial charge on any atom is 0.309 e. The second-order valence-electron chi connectivity index (χ2n) is 10.1. The number of hydrogen-bond donors (Lipinski definition) is 0. The Bertz CT molecular complexity index is 988. The molecule has 0 N–H and O–H groups in total. The lowest BCUT2D eigenvalue weighted by atomic mass is 9.93. The number of carbonyl (C=O) groups is 3. The van der Waals surface area contributed by atoms with E-state index < -0.39 is 6.04 Å². The SMILES string of the molecule is CCOC(=O)C1CCN(C/C=C2/CN(C(C(=O)C3CC3)c3ccccc3F)CCC2SC(C)=O)CC1.